The predicted octanol–water partition coefficient (Wildman–Crippen LogP) is 3.18. The van der Waals surface area contributed by atoms with E-state index in [1.54, 1.807) is 0 Å². The zero-order valence-electron chi connectivity index (χ0n) is 6.00. The van der Waals surface area contributed by atoms with E-state index in [2.05, 4.69) is 0 Å². The van der Waals surface area contributed by atoms with Crippen molar-refractivity contribution in [3.63, 3.8) is 0 Å². The van der Waals surface area contributed by atoms with Crippen LogP contribution in [-0.4, -0.2) is 0 Å². The van der Waals surface area contributed by atoms with Gasteiger partial charge in [0.1, 0.15) is 0 Å². The topological polar surface area (TPSA) is 0 Å². The summed E-state index contributed by atoms with van der Waals surface area (Å²) in [5.41, 5.74) is 0.703. The van der Waals surface area contributed by atoms with Crippen molar-refractivity contribution in [3.05, 3.63) is 34.4 Å². The van der Waals surface area contributed by atoms with Gasteiger partial charge in [-0.05, 0) is 24.1 Å². The third kappa shape index (κ3) is 1.69. The molecule has 0 amide bonds. The Morgan fingerprint density at radius 2 is 2.00 bits per heavy atom. The molecule has 0 bridgehead atoms. The average molecular weight is 177 g/mol. The van der Waals surface area contributed by atoms with Crippen LogP contribution in [-0.2, 0) is 6.42 Å². The van der Waals surface area contributed by atoms with Gasteiger partial charge in [-0.1, -0.05) is 18.5 Å². The third-order valence-electron chi connectivity index (χ3n) is 1.45. The van der Waals surface area contributed by atoms with Gasteiger partial charge in [-0.3, -0.25) is 0 Å². The minimum Gasteiger partial charge on any atom is -0.204 e. The van der Waals surface area contributed by atoms with E-state index in [1.165, 1.54) is 6.07 Å². The van der Waals surface area contributed by atoms with Gasteiger partial charge in [0.2, 0.25) is 0 Å². The van der Waals surface area contributed by atoms with Crippen LogP contribution in [0.3, 0.4) is 0 Å². The molecule has 0 aliphatic carbocycles. The summed E-state index contributed by atoms with van der Waals surface area (Å²) in [5.74, 6) is -1.85. The molecule has 0 N–H and O–H groups in total. The molecule has 0 unspecified atom stereocenters. The van der Waals surface area contributed by atoms with Crippen molar-refractivity contribution in [2.75, 3.05) is 0 Å². The van der Waals surface area contributed by atoms with Gasteiger partial charge in [0, 0.05) is 0 Å². The molecule has 1 aromatic carbocycles. The Labute approximate surface area is 68.8 Å². The van der Waals surface area contributed by atoms with Gasteiger partial charge >= 0.3 is 0 Å². The minimum atomic E-state index is -0.969. The minimum absolute atomic E-state index is 0.151. The first-order valence-electron chi connectivity index (χ1n) is 3.28. The Kier molecular flexibility index (Phi) is 2.45. The van der Waals surface area contributed by atoms with Crippen LogP contribution in [0.4, 0.5) is 8.78 Å². The summed E-state index contributed by atoms with van der Waals surface area (Å²) in [7, 11) is 0. The highest BCUT2D eigenvalue weighted by molar-refractivity contribution is 6.30. The van der Waals surface area contributed by atoms with E-state index in [0.29, 0.717) is 12.0 Å². The van der Waals surface area contributed by atoms with Crippen LogP contribution in [0.25, 0.3) is 0 Å². The number of benzene rings is 1. The molecule has 0 saturated carbocycles. The first-order chi connectivity index (χ1) is 5.15. The fourth-order valence-electron chi connectivity index (χ4n) is 0.812. The smallest absolute Gasteiger partial charge is 0.177 e. The fraction of sp³-hybridized carbons (Fsp3) is 0.250. The van der Waals surface area contributed by atoms with Crippen LogP contribution >= 0.6 is 11.6 Å². The summed E-state index contributed by atoms with van der Waals surface area (Å²) in [5, 5.41) is -0.151. The van der Waals surface area contributed by atoms with E-state index in [-0.39, 0.29) is 5.02 Å². The maximum atomic E-state index is 12.6. The summed E-state index contributed by atoms with van der Waals surface area (Å²) in [6, 6.07) is 2.58. The van der Waals surface area contributed by atoms with Crippen molar-refractivity contribution in [3.8, 4) is 0 Å². The Morgan fingerprint density at radius 3 is 2.45 bits per heavy atom. The Bertz CT molecular complexity index is 248. The number of hydrogen-bond donors (Lipinski definition) is 0. The lowest BCUT2D eigenvalue weighted by atomic mass is 10.2. The molecule has 0 aromatic heterocycles. The standard InChI is InChI=1S/C8H7ClF2/c1-2-5-3-6(9)8(11)7(10)4-5/h3-4H,2H2,1H3. The number of halogens is 3. The third-order valence-corrected chi connectivity index (χ3v) is 1.73. The zero-order chi connectivity index (χ0) is 8.43. The van der Waals surface area contributed by atoms with E-state index < -0.39 is 11.6 Å². The molecule has 3 heteroatoms. The maximum absolute atomic E-state index is 12.6. The zero-order valence-corrected chi connectivity index (χ0v) is 6.75. The maximum Gasteiger partial charge on any atom is 0.177 e. The molecule has 0 fully saturated rings. The predicted molar refractivity (Wildman–Crippen MR) is 40.7 cm³/mol. The van der Waals surface area contributed by atoms with Crippen molar-refractivity contribution < 1.29 is 8.78 Å². The highest BCUT2D eigenvalue weighted by atomic mass is 35.5. The van der Waals surface area contributed by atoms with Crippen molar-refractivity contribution in [2.45, 2.75) is 13.3 Å². The van der Waals surface area contributed by atoms with Crippen LogP contribution in [0.15, 0.2) is 12.1 Å². The second-order valence-corrected chi connectivity index (χ2v) is 2.63. The Hall–Kier alpha value is -0.630. The lowest BCUT2D eigenvalue weighted by molar-refractivity contribution is 0.507. The largest absolute Gasteiger partial charge is 0.204 e. The molecule has 0 atom stereocenters. The first-order valence-corrected chi connectivity index (χ1v) is 3.66. The van der Waals surface area contributed by atoms with E-state index in [9.17, 15) is 8.78 Å². The van der Waals surface area contributed by atoms with Gasteiger partial charge in [-0.15, -0.1) is 0 Å². The quantitative estimate of drug-likeness (QED) is 0.577. The summed E-state index contributed by atoms with van der Waals surface area (Å²) in [4.78, 5) is 0. The molecule has 0 heterocycles. The first kappa shape index (κ1) is 8.47. The molecule has 0 aliphatic heterocycles. The normalized spacial score (nSPS) is 10.2. The summed E-state index contributed by atoms with van der Waals surface area (Å²) in [6.07, 6.45) is 0.650. The second-order valence-electron chi connectivity index (χ2n) is 2.23. The SMILES string of the molecule is CCc1cc(F)c(F)c(Cl)c1. The van der Waals surface area contributed by atoms with Gasteiger partial charge in [0.15, 0.2) is 11.6 Å². The molecule has 1 aromatic rings. The van der Waals surface area contributed by atoms with Gasteiger partial charge < -0.3 is 0 Å². The van der Waals surface area contributed by atoms with Gasteiger partial charge in [0.25, 0.3) is 0 Å². The molecule has 0 radical (unpaired) electrons. The number of rotatable bonds is 1. The lowest BCUT2D eigenvalue weighted by Gasteiger charge is -1.99. The van der Waals surface area contributed by atoms with Crippen molar-refractivity contribution >= 4 is 11.6 Å². The molecule has 0 spiro atoms. The van der Waals surface area contributed by atoms with Crippen LogP contribution in [0.5, 0.6) is 0 Å². The average Bonchev–Trinajstić information content (AvgIpc) is 1.99. The second kappa shape index (κ2) is 3.18. The number of hydrogen-bond acceptors (Lipinski definition) is 0. The van der Waals surface area contributed by atoms with Crippen molar-refractivity contribution in [2.24, 2.45) is 0 Å². The Morgan fingerprint density at radius 1 is 1.36 bits per heavy atom. The van der Waals surface area contributed by atoms with Crippen LogP contribution < -0.4 is 0 Å². The highest BCUT2D eigenvalue weighted by Gasteiger charge is 2.07. The van der Waals surface area contributed by atoms with Crippen molar-refractivity contribution in [1.29, 1.82) is 0 Å². The van der Waals surface area contributed by atoms with Crippen LogP contribution in [0.1, 0.15) is 12.5 Å². The van der Waals surface area contributed by atoms with E-state index in [4.69, 9.17) is 11.6 Å². The molecule has 60 valence electrons. The summed E-state index contributed by atoms with van der Waals surface area (Å²) in [6.45, 7) is 1.85. The fourth-order valence-corrected chi connectivity index (χ4v) is 1.04. The molecular weight excluding hydrogens is 170 g/mol. The van der Waals surface area contributed by atoms with E-state index in [0.717, 1.165) is 6.07 Å². The molecule has 0 nitrogen and oxygen atoms in total. The van der Waals surface area contributed by atoms with Gasteiger partial charge in [-0.25, -0.2) is 8.78 Å². The highest BCUT2D eigenvalue weighted by Crippen LogP contribution is 2.19. The van der Waals surface area contributed by atoms with Gasteiger partial charge in [-0.2, -0.15) is 0 Å². The molecule has 0 saturated heterocycles. The van der Waals surface area contributed by atoms with Gasteiger partial charge in [0.05, 0.1) is 5.02 Å². The monoisotopic (exact) mass is 176 g/mol. The lowest BCUT2D eigenvalue weighted by Crippen LogP contribution is -1.89. The summed E-state index contributed by atoms with van der Waals surface area (Å²) >= 11 is 5.38. The molecule has 11 heavy (non-hydrogen) atoms. The van der Waals surface area contributed by atoms with E-state index in [1.807, 2.05) is 6.92 Å². The summed E-state index contributed by atoms with van der Waals surface area (Å²) < 4.78 is 25.1. The Balaban J connectivity index is 3.21. The van der Waals surface area contributed by atoms with Crippen molar-refractivity contribution in [1.82, 2.24) is 0 Å². The molecule has 0 aliphatic rings. The van der Waals surface area contributed by atoms with Crippen LogP contribution in [0, 0.1) is 11.6 Å². The van der Waals surface area contributed by atoms with E-state index >= 15 is 0 Å². The number of aryl methyl sites for hydroxylation is 1. The van der Waals surface area contributed by atoms with Crippen LogP contribution in [0.2, 0.25) is 5.02 Å². The molecular formula is C8H7ClF2. The molecule has 1 rings (SSSR count).